The fraction of sp³-hybridized carbons (Fsp3) is 0.611. The van der Waals surface area contributed by atoms with Gasteiger partial charge in [0.1, 0.15) is 0 Å². The molecule has 2 heterocycles. The number of ether oxygens (including phenoxy) is 1. The normalized spacial score (nSPS) is 22.1. The fourth-order valence-corrected chi connectivity index (χ4v) is 3.35. The Morgan fingerprint density at radius 3 is 2.68 bits per heavy atom. The first-order valence-corrected chi connectivity index (χ1v) is 9.50. The van der Waals surface area contributed by atoms with Crippen molar-refractivity contribution in [2.45, 2.75) is 26.3 Å². The molecule has 0 aromatic heterocycles. The van der Waals surface area contributed by atoms with E-state index in [1.165, 1.54) is 5.69 Å². The minimum absolute atomic E-state index is 0. The quantitative estimate of drug-likeness (QED) is 0.354. The summed E-state index contributed by atoms with van der Waals surface area (Å²) in [6.45, 7) is 9.74. The standard InChI is InChI=1S/C18H27BrN4O.HI/c1-3-20-17(21-11-18(2)12-24-13-18)22-15-8-9-23(10-15)16-6-4-14(19)5-7-16;/h4-7,15H,3,8-13H2,1-2H3,(H2,20,21,22);1H. The summed E-state index contributed by atoms with van der Waals surface area (Å²) < 4.78 is 6.44. The summed E-state index contributed by atoms with van der Waals surface area (Å²) in [6, 6.07) is 8.97. The van der Waals surface area contributed by atoms with E-state index in [4.69, 9.17) is 9.73 Å². The summed E-state index contributed by atoms with van der Waals surface area (Å²) in [5.74, 6) is 0.924. The fourth-order valence-electron chi connectivity index (χ4n) is 3.09. The van der Waals surface area contributed by atoms with E-state index in [1.807, 2.05) is 0 Å². The number of halogens is 2. The summed E-state index contributed by atoms with van der Waals surface area (Å²) in [5, 5.41) is 6.96. The van der Waals surface area contributed by atoms with Crippen molar-refractivity contribution in [2.75, 3.05) is 44.3 Å². The van der Waals surface area contributed by atoms with Gasteiger partial charge in [-0.2, -0.15) is 0 Å². The number of nitrogens with zero attached hydrogens (tertiary/aromatic N) is 2. The van der Waals surface area contributed by atoms with Crippen LogP contribution in [0.3, 0.4) is 0 Å². The van der Waals surface area contributed by atoms with E-state index >= 15 is 0 Å². The van der Waals surface area contributed by atoms with Gasteiger partial charge in [0.25, 0.3) is 0 Å². The minimum atomic E-state index is 0. The molecular weight excluding hydrogens is 495 g/mol. The molecule has 140 valence electrons. The van der Waals surface area contributed by atoms with Gasteiger partial charge >= 0.3 is 0 Å². The predicted octanol–water partition coefficient (Wildman–Crippen LogP) is 3.24. The first kappa shape index (κ1) is 20.8. The van der Waals surface area contributed by atoms with Crippen LogP contribution in [0.4, 0.5) is 5.69 Å². The van der Waals surface area contributed by atoms with E-state index in [-0.39, 0.29) is 29.4 Å². The summed E-state index contributed by atoms with van der Waals surface area (Å²) >= 11 is 3.50. The molecule has 7 heteroatoms. The summed E-state index contributed by atoms with van der Waals surface area (Å²) in [6.07, 6.45) is 1.13. The molecule has 3 rings (SSSR count). The molecule has 5 nitrogen and oxygen atoms in total. The number of aliphatic imine (C=N–C) groups is 1. The van der Waals surface area contributed by atoms with Gasteiger partial charge in [0, 0.05) is 41.3 Å². The molecule has 0 spiro atoms. The van der Waals surface area contributed by atoms with E-state index in [9.17, 15) is 0 Å². The maximum absolute atomic E-state index is 5.31. The summed E-state index contributed by atoms with van der Waals surface area (Å²) in [4.78, 5) is 7.20. The largest absolute Gasteiger partial charge is 0.380 e. The highest BCUT2D eigenvalue weighted by molar-refractivity contribution is 14.0. The van der Waals surface area contributed by atoms with Gasteiger partial charge in [0.15, 0.2) is 5.96 Å². The number of anilines is 1. The van der Waals surface area contributed by atoms with Gasteiger partial charge in [0.05, 0.1) is 19.8 Å². The molecule has 1 aromatic carbocycles. The Balaban J connectivity index is 0.00000225. The zero-order chi connectivity index (χ0) is 17.0. The highest BCUT2D eigenvalue weighted by atomic mass is 127. The van der Waals surface area contributed by atoms with Crippen molar-refractivity contribution in [1.82, 2.24) is 10.6 Å². The molecule has 2 saturated heterocycles. The van der Waals surface area contributed by atoms with Gasteiger partial charge < -0.3 is 20.3 Å². The van der Waals surface area contributed by atoms with Crippen LogP contribution >= 0.6 is 39.9 Å². The van der Waals surface area contributed by atoms with Crippen LogP contribution in [0.15, 0.2) is 33.7 Å². The molecular formula is C18H28BrIN4O. The SMILES string of the molecule is CCNC(=NCC1(C)COC1)NC1CCN(c2ccc(Br)cc2)C1.I. The van der Waals surface area contributed by atoms with Crippen LogP contribution in [0.25, 0.3) is 0 Å². The Morgan fingerprint density at radius 1 is 1.36 bits per heavy atom. The van der Waals surface area contributed by atoms with E-state index in [0.29, 0.717) is 6.04 Å². The first-order valence-electron chi connectivity index (χ1n) is 8.71. The van der Waals surface area contributed by atoms with Crippen LogP contribution in [-0.2, 0) is 4.74 Å². The van der Waals surface area contributed by atoms with Crippen LogP contribution in [0, 0.1) is 5.41 Å². The molecule has 1 atom stereocenters. The Labute approximate surface area is 176 Å². The average Bonchev–Trinajstić information content (AvgIpc) is 3.00. The van der Waals surface area contributed by atoms with Gasteiger partial charge in [-0.25, -0.2) is 0 Å². The second-order valence-corrected chi connectivity index (χ2v) is 7.97. The third-order valence-electron chi connectivity index (χ3n) is 4.59. The van der Waals surface area contributed by atoms with Crippen molar-refractivity contribution in [1.29, 1.82) is 0 Å². The molecule has 2 aliphatic heterocycles. The molecule has 0 bridgehead atoms. The van der Waals surface area contributed by atoms with Gasteiger partial charge in [-0.1, -0.05) is 22.9 Å². The molecule has 0 saturated carbocycles. The van der Waals surface area contributed by atoms with Gasteiger partial charge in [-0.15, -0.1) is 24.0 Å². The number of hydrogen-bond donors (Lipinski definition) is 2. The predicted molar refractivity (Wildman–Crippen MR) is 118 cm³/mol. The lowest BCUT2D eigenvalue weighted by molar-refractivity contribution is -0.0945. The highest BCUT2D eigenvalue weighted by Crippen LogP contribution is 2.26. The first-order chi connectivity index (χ1) is 11.6. The number of benzene rings is 1. The topological polar surface area (TPSA) is 48.9 Å². The summed E-state index contributed by atoms with van der Waals surface area (Å²) in [7, 11) is 0. The van der Waals surface area contributed by atoms with Crippen LogP contribution in [0.5, 0.6) is 0 Å². The number of rotatable bonds is 5. The van der Waals surface area contributed by atoms with E-state index < -0.39 is 0 Å². The monoisotopic (exact) mass is 522 g/mol. The molecule has 2 aliphatic rings. The smallest absolute Gasteiger partial charge is 0.191 e. The lowest BCUT2D eigenvalue weighted by Gasteiger charge is -2.36. The van der Waals surface area contributed by atoms with E-state index in [1.54, 1.807) is 0 Å². The zero-order valence-corrected chi connectivity index (χ0v) is 18.8. The molecule has 1 unspecified atom stereocenters. The zero-order valence-electron chi connectivity index (χ0n) is 14.9. The van der Waals surface area contributed by atoms with Crippen LogP contribution in [-0.4, -0.2) is 51.4 Å². The molecule has 1 aromatic rings. The van der Waals surface area contributed by atoms with Gasteiger partial charge in [-0.05, 0) is 37.6 Å². The Hall–Kier alpha value is -0.540. The molecule has 0 amide bonds. The maximum atomic E-state index is 5.31. The van der Waals surface area contributed by atoms with Gasteiger partial charge in [0.2, 0.25) is 0 Å². The summed E-state index contributed by atoms with van der Waals surface area (Å²) in [5.41, 5.74) is 1.49. The van der Waals surface area contributed by atoms with Crippen molar-refractivity contribution in [2.24, 2.45) is 10.4 Å². The van der Waals surface area contributed by atoms with Crippen LogP contribution in [0.2, 0.25) is 0 Å². The number of hydrogen-bond acceptors (Lipinski definition) is 3. The van der Waals surface area contributed by atoms with Crippen molar-refractivity contribution in [3.8, 4) is 0 Å². The van der Waals surface area contributed by atoms with Gasteiger partial charge in [-0.3, -0.25) is 4.99 Å². The van der Waals surface area contributed by atoms with Crippen molar-refractivity contribution in [3.63, 3.8) is 0 Å². The molecule has 25 heavy (non-hydrogen) atoms. The second kappa shape index (κ2) is 9.41. The number of nitrogens with one attached hydrogen (secondary N) is 2. The molecule has 2 fully saturated rings. The average molecular weight is 523 g/mol. The van der Waals surface area contributed by atoms with E-state index in [2.05, 4.69) is 69.6 Å². The van der Waals surface area contributed by atoms with Crippen molar-refractivity contribution in [3.05, 3.63) is 28.7 Å². The molecule has 2 N–H and O–H groups in total. The Morgan fingerprint density at radius 2 is 2.08 bits per heavy atom. The Bertz CT molecular complexity index is 577. The minimum Gasteiger partial charge on any atom is -0.380 e. The Kier molecular flexibility index (Phi) is 7.82. The van der Waals surface area contributed by atoms with E-state index in [0.717, 1.165) is 56.2 Å². The molecule has 0 aliphatic carbocycles. The van der Waals surface area contributed by atoms with Crippen molar-refractivity contribution < 1.29 is 4.74 Å². The third-order valence-corrected chi connectivity index (χ3v) is 5.11. The van der Waals surface area contributed by atoms with Crippen LogP contribution < -0.4 is 15.5 Å². The second-order valence-electron chi connectivity index (χ2n) is 7.05. The lowest BCUT2D eigenvalue weighted by atomic mass is 9.89. The van der Waals surface area contributed by atoms with Crippen molar-refractivity contribution >= 4 is 51.6 Å². The maximum Gasteiger partial charge on any atom is 0.191 e. The lowest BCUT2D eigenvalue weighted by Crippen LogP contribution is -2.47. The number of guanidine groups is 1. The molecule has 0 radical (unpaired) electrons. The third kappa shape index (κ3) is 5.72. The highest BCUT2D eigenvalue weighted by Gasteiger charge is 2.33. The van der Waals surface area contributed by atoms with Crippen LogP contribution in [0.1, 0.15) is 20.3 Å².